The number of alkyl carbamates (subject to hydrolysis) is 1. The van der Waals surface area contributed by atoms with Crippen LogP contribution in [0.15, 0.2) is 0 Å². The molecule has 0 bridgehead atoms. The molecule has 1 aliphatic rings. The zero-order valence-electron chi connectivity index (χ0n) is 9.62. The number of aliphatic hydroxyl groups is 1. The maximum Gasteiger partial charge on any atom is 0.407 e. The molecule has 1 aliphatic carbocycles. The zero-order valence-corrected chi connectivity index (χ0v) is 9.62. The molecular formula is C11H20NO3. The molecule has 0 aliphatic heterocycles. The van der Waals surface area contributed by atoms with Crippen LogP contribution in [0.25, 0.3) is 0 Å². The first kappa shape index (κ1) is 12.3. The van der Waals surface area contributed by atoms with Gasteiger partial charge in [-0.2, -0.15) is 0 Å². The summed E-state index contributed by atoms with van der Waals surface area (Å²) in [5, 5.41) is 12.1. The molecule has 1 amide bonds. The summed E-state index contributed by atoms with van der Waals surface area (Å²) in [5.41, 5.74) is -0.475. The summed E-state index contributed by atoms with van der Waals surface area (Å²) in [7, 11) is 0. The Morgan fingerprint density at radius 3 is 2.73 bits per heavy atom. The molecule has 0 aromatic carbocycles. The Morgan fingerprint density at radius 1 is 1.53 bits per heavy atom. The third-order valence-electron chi connectivity index (χ3n) is 2.18. The zero-order chi connectivity index (χ0) is 11.5. The van der Waals surface area contributed by atoms with Crippen molar-refractivity contribution in [1.82, 2.24) is 5.32 Å². The van der Waals surface area contributed by atoms with E-state index in [1.807, 2.05) is 27.2 Å². The van der Waals surface area contributed by atoms with Gasteiger partial charge in [0.25, 0.3) is 0 Å². The smallest absolute Gasteiger partial charge is 0.407 e. The van der Waals surface area contributed by atoms with E-state index in [1.54, 1.807) is 0 Å². The van der Waals surface area contributed by atoms with Gasteiger partial charge in [0.2, 0.25) is 0 Å². The van der Waals surface area contributed by atoms with Crippen LogP contribution in [0.1, 0.15) is 40.0 Å². The number of nitrogens with one attached hydrogen (secondary N) is 1. The SMILES string of the molecule is CC(C)(C)OC(=O)N[C@H]1[CH]CCC(O)C1. The number of aliphatic hydroxyl groups excluding tert-OH is 1. The summed E-state index contributed by atoms with van der Waals surface area (Å²) in [6, 6.07) is -0.0661. The van der Waals surface area contributed by atoms with Crippen LogP contribution in [0.4, 0.5) is 4.79 Å². The average molecular weight is 214 g/mol. The first-order chi connectivity index (χ1) is 6.87. The lowest BCUT2D eigenvalue weighted by Gasteiger charge is -2.28. The minimum atomic E-state index is -0.475. The van der Waals surface area contributed by atoms with Crippen LogP contribution in [0, 0.1) is 6.42 Å². The standard InChI is InChI=1S/C11H20NO3/c1-11(2,3)15-10(14)12-8-5-4-6-9(13)7-8/h5,8-9,13H,4,6-7H2,1-3H3,(H,12,14)/t8-,9?/m0/s1. The number of hydrogen-bond donors (Lipinski definition) is 2. The highest BCUT2D eigenvalue weighted by Gasteiger charge is 2.24. The third kappa shape index (κ3) is 5.02. The van der Waals surface area contributed by atoms with Crippen molar-refractivity contribution < 1.29 is 14.6 Å². The van der Waals surface area contributed by atoms with Gasteiger partial charge in [-0.05, 0) is 46.5 Å². The molecule has 2 atom stereocenters. The van der Waals surface area contributed by atoms with E-state index in [0.717, 1.165) is 12.8 Å². The first-order valence-electron chi connectivity index (χ1n) is 5.38. The predicted octanol–water partition coefficient (Wildman–Crippen LogP) is 1.63. The van der Waals surface area contributed by atoms with Gasteiger partial charge in [-0.15, -0.1) is 0 Å². The lowest BCUT2D eigenvalue weighted by molar-refractivity contribution is 0.0478. The summed E-state index contributed by atoms with van der Waals surface area (Å²) in [6.07, 6.45) is 3.48. The number of hydrogen-bond acceptors (Lipinski definition) is 3. The van der Waals surface area contributed by atoms with Gasteiger partial charge in [0, 0.05) is 6.04 Å². The Kier molecular flexibility index (Phi) is 3.97. The number of ether oxygens (including phenoxy) is 1. The maximum absolute atomic E-state index is 11.4. The van der Waals surface area contributed by atoms with Gasteiger partial charge in [-0.1, -0.05) is 0 Å². The molecule has 87 valence electrons. The molecule has 1 rings (SSSR count). The van der Waals surface area contributed by atoms with E-state index in [2.05, 4.69) is 5.32 Å². The normalized spacial score (nSPS) is 27.2. The van der Waals surface area contributed by atoms with Gasteiger partial charge in [0.15, 0.2) is 0 Å². The van der Waals surface area contributed by atoms with Gasteiger partial charge in [0.05, 0.1) is 6.10 Å². The second kappa shape index (κ2) is 4.84. The van der Waals surface area contributed by atoms with Gasteiger partial charge in [0.1, 0.15) is 5.60 Å². The molecule has 0 heterocycles. The molecule has 2 N–H and O–H groups in total. The van der Waals surface area contributed by atoms with Crippen molar-refractivity contribution in [2.24, 2.45) is 0 Å². The van der Waals surface area contributed by atoms with Crippen LogP contribution in [0.2, 0.25) is 0 Å². The van der Waals surface area contributed by atoms with Crippen LogP contribution < -0.4 is 5.32 Å². The molecule has 0 aromatic heterocycles. The predicted molar refractivity (Wildman–Crippen MR) is 57.3 cm³/mol. The van der Waals surface area contributed by atoms with Crippen LogP contribution in [0.5, 0.6) is 0 Å². The molecule has 0 spiro atoms. The van der Waals surface area contributed by atoms with Gasteiger partial charge in [-0.25, -0.2) is 4.79 Å². The molecular weight excluding hydrogens is 194 g/mol. The quantitative estimate of drug-likeness (QED) is 0.697. The second-order valence-corrected chi connectivity index (χ2v) is 4.96. The Labute approximate surface area is 91.0 Å². The molecule has 1 unspecified atom stereocenters. The second-order valence-electron chi connectivity index (χ2n) is 4.96. The van der Waals surface area contributed by atoms with Gasteiger partial charge < -0.3 is 15.2 Å². The topological polar surface area (TPSA) is 58.6 Å². The fraction of sp³-hybridized carbons (Fsp3) is 0.818. The Balaban J connectivity index is 2.31. The lowest BCUT2D eigenvalue weighted by atomic mass is 9.93. The highest BCUT2D eigenvalue weighted by atomic mass is 16.6. The van der Waals surface area contributed by atoms with E-state index in [-0.39, 0.29) is 12.1 Å². The fourth-order valence-corrected chi connectivity index (χ4v) is 1.57. The molecule has 1 fully saturated rings. The lowest BCUT2D eigenvalue weighted by Crippen LogP contribution is -2.42. The van der Waals surface area contributed by atoms with E-state index in [1.165, 1.54) is 0 Å². The van der Waals surface area contributed by atoms with Crippen molar-refractivity contribution in [1.29, 1.82) is 0 Å². The molecule has 1 saturated carbocycles. The van der Waals surface area contributed by atoms with Crippen molar-refractivity contribution in [3.8, 4) is 0 Å². The van der Waals surface area contributed by atoms with Crippen molar-refractivity contribution in [2.75, 3.05) is 0 Å². The summed E-state index contributed by atoms with van der Waals surface area (Å²) in [4.78, 5) is 11.4. The van der Waals surface area contributed by atoms with E-state index in [9.17, 15) is 9.90 Å². The molecule has 4 nitrogen and oxygen atoms in total. The van der Waals surface area contributed by atoms with Gasteiger partial charge in [-0.3, -0.25) is 0 Å². The Hall–Kier alpha value is -0.770. The van der Waals surface area contributed by atoms with Crippen molar-refractivity contribution >= 4 is 6.09 Å². The average Bonchev–Trinajstić information content (AvgIpc) is 1.99. The van der Waals surface area contributed by atoms with Crippen molar-refractivity contribution in [3.05, 3.63) is 6.42 Å². The fourth-order valence-electron chi connectivity index (χ4n) is 1.57. The van der Waals surface area contributed by atoms with Gasteiger partial charge >= 0.3 is 6.09 Å². The highest BCUT2D eigenvalue weighted by molar-refractivity contribution is 5.68. The highest BCUT2D eigenvalue weighted by Crippen LogP contribution is 2.18. The number of rotatable bonds is 1. The minimum Gasteiger partial charge on any atom is -0.444 e. The molecule has 0 saturated heterocycles. The third-order valence-corrected chi connectivity index (χ3v) is 2.18. The Bertz CT molecular complexity index is 222. The minimum absolute atomic E-state index is 0.0661. The Morgan fingerprint density at radius 2 is 2.20 bits per heavy atom. The van der Waals surface area contributed by atoms with E-state index in [4.69, 9.17) is 4.74 Å². The number of amides is 1. The van der Waals surface area contributed by atoms with E-state index >= 15 is 0 Å². The largest absolute Gasteiger partial charge is 0.444 e. The van der Waals surface area contributed by atoms with Crippen LogP contribution >= 0.6 is 0 Å². The monoisotopic (exact) mass is 214 g/mol. The molecule has 15 heavy (non-hydrogen) atoms. The van der Waals surface area contributed by atoms with Crippen LogP contribution in [0.3, 0.4) is 0 Å². The van der Waals surface area contributed by atoms with Crippen molar-refractivity contribution in [2.45, 2.75) is 57.8 Å². The van der Waals surface area contributed by atoms with E-state index < -0.39 is 11.7 Å². The molecule has 1 radical (unpaired) electrons. The van der Waals surface area contributed by atoms with Crippen LogP contribution in [-0.4, -0.2) is 28.9 Å². The molecule has 4 heteroatoms. The summed E-state index contributed by atoms with van der Waals surface area (Å²) >= 11 is 0. The summed E-state index contributed by atoms with van der Waals surface area (Å²) in [6.45, 7) is 5.48. The van der Waals surface area contributed by atoms with Crippen molar-refractivity contribution in [3.63, 3.8) is 0 Å². The maximum atomic E-state index is 11.4. The number of carbonyl (C=O) groups excluding carboxylic acids is 1. The van der Waals surface area contributed by atoms with E-state index in [0.29, 0.717) is 6.42 Å². The molecule has 0 aromatic rings. The number of carbonyl (C=O) groups is 1. The van der Waals surface area contributed by atoms with Crippen LogP contribution in [-0.2, 0) is 4.74 Å². The summed E-state index contributed by atoms with van der Waals surface area (Å²) in [5.74, 6) is 0. The summed E-state index contributed by atoms with van der Waals surface area (Å²) < 4.78 is 5.12. The first-order valence-corrected chi connectivity index (χ1v) is 5.38.